The van der Waals surface area contributed by atoms with Crippen LogP contribution in [-0.4, -0.2) is 42.5 Å². The van der Waals surface area contributed by atoms with Crippen LogP contribution in [-0.2, 0) is 9.59 Å². The number of carbonyl (C=O) groups is 2. The number of hydrogen-bond donors (Lipinski definition) is 1. The third kappa shape index (κ3) is 3.74. The first-order valence-corrected chi connectivity index (χ1v) is 7.26. The maximum atomic E-state index is 12.1. The predicted octanol–water partition coefficient (Wildman–Crippen LogP) is 1.42. The second-order valence-corrected chi connectivity index (χ2v) is 5.42. The van der Waals surface area contributed by atoms with Gasteiger partial charge in [-0.3, -0.25) is 9.59 Å². The van der Waals surface area contributed by atoms with Crippen molar-refractivity contribution < 1.29 is 14.3 Å². The number of aryl methyl sites for hydroxylation is 2. The lowest BCUT2D eigenvalue weighted by atomic mass is 10.1. The van der Waals surface area contributed by atoms with E-state index in [0.29, 0.717) is 19.7 Å². The Morgan fingerprint density at radius 2 is 2.19 bits per heavy atom. The summed E-state index contributed by atoms with van der Waals surface area (Å²) in [4.78, 5) is 25.3. The molecule has 1 fully saturated rings. The van der Waals surface area contributed by atoms with Crippen LogP contribution in [0, 0.1) is 13.8 Å². The quantitative estimate of drug-likeness (QED) is 0.912. The van der Waals surface area contributed by atoms with Crippen LogP contribution >= 0.6 is 0 Å². The SMILES string of the molecule is Cc1ccc(OCCC(=O)N2CCNC(=O)C2C)c(C)c1. The predicted molar refractivity (Wildman–Crippen MR) is 80.2 cm³/mol. The van der Waals surface area contributed by atoms with Crippen molar-refractivity contribution in [3.05, 3.63) is 29.3 Å². The Balaban J connectivity index is 1.85. The van der Waals surface area contributed by atoms with Gasteiger partial charge in [0.25, 0.3) is 0 Å². The topological polar surface area (TPSA) is 58.6 Å². The van der Waals surface area contributed by atoms with Gasteiger partial charge in [-0.1, -0.05) is 17.7 Å². The number of rotatable bonds is 4. The summed E-state index contributed by atoms with van der Waals surface area (Å²) in [5.41, 5.74) is 2.25. The van der Waals surface area contributed by atoms with Gasteiger partial charge in [-0.25, -0.2) is 0 Å². The fourth-order valence-electron chi connectivity index (χ4n) is 2.48. The summed E-state index contributed by atoms with van der Waals surface area (Å²) in [6.45, 7) is 7.18. The van der Waals surface area contributed by atoms with Gasteiger partial charge in [0.15, 0.2) is 0 Å². The number of amides is 2. The van der Waals surface area contributed by atoms with Crippen molar-refractivity contribution >= 4 is 11.8 Å². The number of carbonyl (C=O) groups excluding carboxylic acids is 2. The van der Waals surface area contributed by atoms with Crippen LogP contribution in [0.3, 0.4) is 0 Å². The first-order valence-electron chi connectivity index (χ1n) is 7.26. The highest BCUT2D eigenvalue weighted by Gasteiger charge is 2.28. The molecule has 1 saturated heterocycles. The van der Waals surface area contributed by atoms with Gasteiger partial charge in [0.05, 0.1) is 13.0 Å². The monoisotopic (exact) mass is 290 g/mol. The molecule has 1 unspecified atom stereocenters. The molecule has 1 heterocycles. The van der Waals surface area contributed by atoms with Crippen molar-refractivity contribution in [1.29, 1.82) is 0 Å². The molecule has 1 N–H and O–H groups in total. The van der Waals surface area contributed by atoms with Crippen LogP contribution in [0.15, 0.2) is 18.2 Å². The van der Waals surface area contributed by atoms with Gasteiger partial charge in [-0.2, -0.15) is 0 Å². The molecule has 0 bridgehead atoms. The summed E-state index contributed by atoms with van der Waals surface area (Å²) in [5.74, 6) is 0.671. The Morgan fingerprint density at radius 3 is 2.90 bits per heavy atom. The minimum Gasteiger partial charge on any atom is -0.493 e. The summed E-state index contributed by atoms with van der Waals surface area (Å²) in [7, 11) is 0. The van der Waals surface area contributed by atoms with E-state index in [1.54, 1.807) is 11.8 Å². The Morgan fingerprint density at radius 1 is 1.43 bits per heavy atom. The van der Waals surface area contributed by atoms with Crippen molar-refractivity contribution in [3.8, 4) is 5.75 Å². The fraction of sp³-hybridized carbons (Fsp3) is 0.500. The van der Waals surface area contributed by atoms with Crippen molar-refractivity contribution in [2.24, 2.45) is 0 Å². The zero-order valence-electron chi connectivity index (χ0n) is 12.8. The van der Waals surface area contributed by atoms with Crippen LogP contribution in [0.2, 0.25) is 0 Å². The summed E-state index contributed by atoms with van der Waals surface area (Å²) in [6.07, 6.45) is 0.283. The molecule has 1 aliphatic heterocycles. The standard InChI is InChI=1S/C16H22N2O3/c1-11-4-5-14(12(2)10-11)21-9-6-15(19)18-8-7-17-16(20)13(18)3/h4-5,10,13H,6-9H2,1-3H3,(H,17,20). The number of nitrogens with one attached hydrogen (secondary N) is 1. The first-order chi connectivity index (χ1) is 9.99. The molecule has 0 spiro atoms. The average Bonchev–Trinajstić information content (AvgIpc) is 2.44. The Kier molecular flexibility index (Phi) is 4.83. The zero-order valence-corrected chi connectivity index (χ0v) is 12.8. The highest BCUT2D eigenvalue weighted by atomic mass is 16.5. The third-order valence-electron chi connectivity index (χ3n) is 3.72. The van der Waals surface area contributed by atoms with Crippen LogP contribution in [0.4, 0.5) is 0 Å². The minimum atomic E-state index is -0.396. The number of hydrogen-bond acceptors (Lipinski definition) is 3. The van der Waals surface area contributed by atoms with Gasteiger partial charge in [-0.15, -0.1) is 0 Å². The van der Waals surface area contributed by atoms with E-state index >= 15 is 0 Å². The van der Waals surface area contributed by atoms with Crippen molar-refractivity contribution in [2.75, 3.05) is 19.7 Å². The average molecular weight is 290 g/mol. The van der Waals surface area contributed by atoms with E-state index in [4.69, 9.17) is 4.74 Å². The van der Waals surface area contributed by atoms with E-state index in [2.05, 4.69) is 5.32 Å². The second kappa shape index (κ2) is 6.61. The third-order valence-corrected chi connectivity index (χ3v) is 3.72. The lowest BCUT2D eigenvalue weighted by Gasteiger charge is -2.32. The van der Waals surface area contributed by atoms with E-state index < -0.39 is 6.04 Å². The summed E-state index contributed by atoms with van der Waals surface area (Å²) < 4.78 is 5.67. The molecule has 5 nitrogen and oxygen atoms in total. The van der Waals surface area contributed by atoms with Crippen LogP contribution in [0.1, 0.15) is 24.5 Å². The molecule has 0 saturated carbocycles. The molecule has 2 amide bonds. The van der Waals surface area contributed by atoms with Gasteiger partial charge in [0.2, 0.25) is 11.8 Å². The lowest BCUT2D eigenvalue weighted by Crippen LogP contribution is -2.56. The summed E-state index contributed by atoms with van der Waals surface area (Å²) in [6, 6.07) is 5.56. The summed E-state index contributed by atoms with van der Waals surface area (Å²) >= 11 is 0. The lowest BCUT2D eigenvalue weighted by molar-refractivity contribution is -0.142. The molecule has 0 aliphatic carbocycles. The van der Waals surface area contributed by atoms with E-state index in [9.17, 15) is 9.59 Å². The van der Waals surface area contributed by atoms with Gasteiger partial charge < -0.3 is 15.0 Å². The zero-order chi connectivity index (χ0) is 15.4. The molecule has 0 radical (unpaired) electrons. The fourth-order valence-corrected chi connectivity index (χ4v) is 2.48. The summed E-state index contributed by atoms with van der Waals surface area (Å²) in [5, 5.41) is 2.75. The maximum absolute atomic E-state index is 12.1. The van der Waals surface area contributed by atoms with Gasteiger partial charge in [0, 0.05) is 13.1 Å². The molecule has 1 aliphatic rings. The molecular weight excluding hydrogens is 268 g/mol. The Labute approximate surface area is 125 Å². The second-order valence-electron chi connectivity index (χ2n) is 5.42. The van der Waals surface area contributed by atoms with E-state index in [1.807, 2.05) is 32.0 Å². The van der Waals surface area contributed by atoms with Crippen molar-refractivity contribution in [1.82, 2.24) is 10.2 Å². The van der Waals surface area contributed by atoms with Crippen LogP contribution in [0.5, 0.6) is 5.75 Å². The number of piperazine rings is 1. The molecule has 1 aromatic carbocycles. The highest BCUT2D eigenvalue weighted by Crippen LogP contribution is 2.19. The van der Waals surface area contributed by atoms with E-state index in [0.717, 1.165) is 11.3 Å². The van der Waals surface area contributed by atoms with Crippen LogP contribution in [0.25, 0.3) is 0 Å². The van der Waals surface area contributed by atoms with Crippen LogP contribution < -0.4 is 10.1 Å². The smallest absolute Gasteiger partial charge is 0.242 e. The molecule has 21 heavy (non-hydrogen) atoms. The Bertz CT molecular complexity index is 542. The van der Waals surface area contributed by atoms with Gasteiger partial charge >= 0.3 is 0 Å². The molecular formula is C16H22N2O3. The number of benzene rings is 1. The van der Waals surface area contributed by atoms with Gasteiger partial charge in [-0.05, 0) is 32.4 Å². The Hall–Kier alpha value is -2.04. The van der Waals surface area contributed by atoms with Gasteiger partial charge in [0.1, 0.15) is 11.8 Å². The van der Waals surface area contributed by atoms with Crippen molar-refractivity contribution in [3.63, 3.8) is 0 Å². The maximum Gasteiger partial charge on any atom is 0.242 e. The minimum absolute atomic E-state index is 0.0397. The molecule has 2 rings (SSSR count). The van der Waals surface area contributed by atoms with E-state index in [-0.39, 0.29) is 18.2 Å². The molecule has 114 valence electrons. The highest BCUT2D eigenvalue weighted by molar-refractivity contribution is 5.88. The first kappa shape index (κ1) is 15.4. The van der Waals surface area contributed by atoms with Crippen molar-refractivity contribution in [2.45, 2.75) is 33.2 Å². The molecule has 1 aromatic rings. The molecule has 0 aromatic heterocycles. The number of nitrogens with zero attached hydrogens (tertiary/aromatic N) is 1. The largest absolute Gasteiger partial charge is 0.493 e. The van der Waals surface area contributed by atoms with E-state index in [1.165, 1.54) is 5.56 Å². The normalized spacial score (nSPS) is 18.3. The number of ether oxygens (including phenoxy) is 1. The molecule has 1 atom stereocenters. The molecule has 5 heteroatoms.